The summed E-state index contributed by atoms with van der Waals surface area (Å²) in [5, 5.41) is 19.8. The summed E-state index contributed by atoms with van der Waals surface area (Å²) in [5.74, 6) is -3.77. The van der Waals surface area contributed by atoms with Crippen LogP contribution in [0.1, 0.15) is 12.0 Å². The maximum atomic E-state index is 12.1. The summed E-state index contributed by atoms with van der Waals surface area (Å²) >= 11 is 0. The number of carboxylic acid groups (broad SMARTS) is 2. The number of piperidine rings is 1. The van der Waals surface area contributed by atoms with E-state index in [0.717, 1.165) is 24.1 Å². The molecule has 7 nitrogen and oxygen atoms in total. The van der Waals surface area contributed by atoms with E-state index in [0.29, 0.717) is 0 Å². The van der Waals surface area contributed by atoms with Crippen LogP contribution in [0.25, 0.3) is 6.08 Å². The number of carboxylic acids is 2. The maximum absolute atomic E-state index is 12.1. The highest BCUT2D eigenvalue weighted by molar-refractivity contribution is 6.02. The van der Waals surface area contributed by atoms with E-state index in [1.807, 2.05) is 42.5 Å². The summed E-state index contributed by atoms with van der Waals surface area (Å²) in [7, 11) is 0. The van der Waals surface area contributed by atoms with Crippen molar-refractivity contribution in [3.05, 3.63) is 53.2 Å². The van der Waals surface area contributed by atoms with Crippen molar-refractivity contribution in [2.45, 2.75) is 24.7 Å². The number of alkyl halides is 3. The lowest BCUT2D eigenvalue weighted by Crippen LogP contribution is -2.71. The van der Waals surface area contributed by atoms with Crippen LogP contribution in [0.2, 0.25) is 0 Å². The van der Waals surface area contributed by atoms with Crippen LogP contribution in [0.4, 0.5) is 13.2 Å². The predicted molar refractivity (Wildman–Crippen MR) is 94.4 cm³/mol. The number of rotatable bonds is 3. The SMILES string of the molecule is O=C(O)C(F)(F)F.O=C(O)C1=C(/C=C/c2ccccc2)C2CCN[C@@H]3C(=O)N1[C@H]23. The number of benzene rings is 1. The zero-order valence-corrected chi connectivity index (χ0v) is 14.9. The summed E-state index contributed by atoms with van der Waals surface area (Å²) in [6.07, 6.45) is -0.431. The molecule has 1 amide bonds. The van der Waals surface area contributed by atoms with E-state index in [-0.39, 0.29) is 29.6 Å². The first-order chi connectivity index (χ1) is 13.6. The fraction of sp³-hybridized carbons (Fsp3) is 0.316. The first-order valence-corrected chi connectivity index (χ1v) is 8.70. The second-order valence-corrected chi connectivity index (χ2v) is 6.68. The van der Waals surface area contributed by atoms with Crippen molar-refractivity contribution in [2.75, 3.05) is 6.54 Å². The fourth-order valence-electron chi connectivity index (χ4n) is 3.79. The zero-order valence-electron chi connectivity index (χ0n) is 14.9. The Hall–Kier alpha value is -3.14. The Balaban J connectivity index is 0.000000298. The van der Waals surface area contributed by atoms with Crippen molar-refractivity contribution in [1.82, 2.24) is 10.2 Å². The molecule has 0 bridgehead atoms. The van der Waals surface area contributed by atoms with E-state index in [1.165, 1.54) is 4.90 Å². The Morgan fingerprint density at radius 1 is 1.14 bits per heavy atom. The molecule has 0 radical (unpaired) electrons. The van der Waals surface area contributed by atoms with Crippen LogP contribution in [0.3, 0.4) is 0 Å². The maximum Gasteiger partial charge on any atom is 0.490 e. The predicted octanol–water partition coefficient (Wildman–Crippen LogP) is 1.87. The van der Waals surface area contributed by atoms with Crippen LogP contribution in [0, 0.1) is 5.92 Å². The topological polar surface area (TPSA) is 107 Å². The molecular formula is C19H17F3N2O5. The van der Waals surface area contributed by atoms with E-state index in [4.69, 9.17) is 9.90 Å². The third kappa shape index (κ3) is 3.88. The molecule has 154 valence electrons. The lowest BCUT2D eigenvalue weighted by Gasteiger charge is -2.48. The normalized spacial score (nSPS) is 25.3. The van der Waals surface area contributed by atoms with Crippen LogP contribution in [-0.2, 0) is 14.4 Å². The fourth-order valence-corrected chi connectivity index (χ4v) is 3.79. The summed E-state index contributed by atoms with van der Waals surface area (Å²) in [6.45, 7) is 0.751. The molecule has 3 atom stereocenters. The minimum atomic E-state index is -5.08. The molecule has 10 heteroatoms. The lowest BCUT2D eigenvalue weighted by molar-refractivity contribution is -0.192. The number of nitrogens with one attached hydrogen (secondary N) is 1. The van der Waals surface area contributed by atoms with E-state index in [1.54, 1.807) is 0 Å². The molecule has 0 aromatic heterocycles. The van der Waals surface area contributed by atoms with Gasteiger partial charge in [-0.3, -0.25) is 9.69 Å². The highest BCUT2D eigenvalue weighted by Gasteiger charge is 2.60. The minimum Gasteiger partial charge on any atom is -0.477 e. The van der Waals surface area contributed by atoms with Crippen molar-refractivity contribution >= 4 is 23.9 Å². The highest BCUT2D eigenvalue weighted by Crippen LogP contribution is 2.46. The molecule has 2 saturated heterocycles. The number of allylic oxidation sites excluding steroid dienone is 1. The number of carbonyl (C=O) groups is 3. The van der Waals surface area contributed by atoms with Gasteiger partial charge in [-0.1, -0.05) is 42.5 Å². The van der Waals surface area contributed by atoms with E-state index >= 15 is 0 Å². The third-order valence-corrected chi connectivity index (χ3v) is 4.99. The first kappa shape index (κ1) is 20.6. The Morgan fingerprint density at radius 3 is 2.31 bits per heavy atom. The number of aliphatic carboxylic acids is 2. The standard InChI is InChI=1S/C17H16N2O3.C2HF3O2/c20-16-13-14-12(8-9-18-13)11(15(17(21)22)19(14)16)7-6-10-4-2-1-3-5-10;3-2(4,5)1(6)7/h1-7,12-14,18H,8-9H2,(H,21,22);(H,6,7)/b7-6+;/t12?,13-,14+;/m0./s1. The highest BCUT2D eigenvalue weighted by atomic mass is 19.4. The quantitative estimate of drug-likeness (QED) is 0.657. The van der Waals surface area contributed by atoms with Gasteiger partial charge < -0.3 is 15.5 Å². The minimum absolute atomic E-state index is 0.0252. The molecule has 3 heterocycles. The van der Waals surface area contributed by atoms with Gasteiger partial charge in [-0.25, -0.2) is 9.59 Å². The van der Waals surface area contributed by atoms with Crippen LogP contribution in [0.5, 0.6) is 0 Å². The molecule has 1 aromatic rings. The number of hydrogen-bond donors (Lipinski definition) is 3. The molecule has 3 aliphatic heterocycles. The van der Waals surface area contributed by atoms with Gasteiger partial charge >= 0.3 is 18.1 Å². The number of β-lactam (4-membered cyclic amide) rings is 1. The average Bonchev–Trinajstić information content (AvgIpc) is 3.00. The lowest BCUT2D eigenvalue weighted by atomic mass is 9.79. The summed E-state index contributed by atoms with van der Waals surface area (Å²) < 4.78 is 31.7. The zero-order chi connectivity index (χ0) is 21.3. The molecule has 2 fully saturated rings. The Morgan fingerprint density at radius 2 is 1.76 bits per heavy atom. The first-order valence-electron chi connectivity index (χ1n) is 8.70. The van der Waals surface area contributed by atoms with Crippen molar-refractivity contribution in [1.29, 1.82) is 0 Å². The molecule has 1 unspecified atom stereocenters. The molecule has 0 spiro atoms. The van der Waals surface area contributed by atoms with Crippen LogP contribution in [0.15, 0.2) is 47.7 Å². The van der Waals surface area contributed by atoms with Gasteiger partial charge in [-0.15, -0.1) is 0 Å². The molecule has 3 aliphatic rings. The summed E-state index contributed by atoms with van der Waals surface area (Å²) in [4.78, 5) is 34.1. The van der Waals surface area contributed by atoms with Gasteiger partial charge in [0.15, 0.2) is 0 Å². The number of hydrogen-bond acceptors (Lipinski definition) is 4. The van der Waals surface area contributed by atoms with Crippen LogP contribution < -0.4 is 5.32 Å². The van der Waals surface area contributed by atoms with Gasteiger partial charge in [0, 0.05) is 5.92 Å². The van der Waals surface area contributed by atoms with Gasteiger partial charge in [-0.05, 0) is 24.1 Å². The van der Waals surface area contributed by atoms with Crippen molar-refractivity contribution in [3.63, 3.8) is 0 Å². The number of carbonyl (C=O) groups excluding carboxylic acids is 1. The second kappa shape index (κ2) is 7.70. The van der Waals surface area contributed by atoms with Gasteiger partial charge in [0.05, 0.1) is 6.04 Å². The van der Waals surface area contributed by atoms with Crippen molar-refractivity contribution < 1.29 is 37.8 Å². The third-order valence-electron chi connectivity index (χ3n) is 4.99. The van der Waals surface area contributed by atoms with Crippen molar-refractivity contribution in [2.24, 2.45) is 5.92 Å². The molecular weight excluding hydrogens is 393 g/mol. The molecule has 29 heavy (non-hydrogen) atoms. The van der Waals surface area contributed by atoms with Gasteiger partial charge in [0.2, 0.25) is 5.91 Å². The molecule has 0 saturated carbocycles. The Labute approximate surface area is 163 Å². The molecule has 4 rings (SSSR count). The Kier molecular flexibility index (Phi) is 5.47. The van der Waals surface area contributed by atoms with E-state index in [2.05, 4.69) is 5.32 Å². The number of halogens is 3. The van der Waals surface area contributed by atoms with Crippen molar-refractivity contribution in [3.8, 4) is 0 Å². The summed E-state index contributed by atoms with van der Waals surface area (Å²) in [6, 6.07) is 9.53. The molecule has 3 N–H and O–H groups in total. The van der Waals surface area contributed by atoms with E-state index in [9.17, 15) is 27.9 Å². The Bertz CT molecular complexity index is 895. The van der Waals surface area contributed by atoms with Crippen LogP contribution in [-0.4, -0.2) is 57.8 Å². The van der Waals surface area contributed by atoms with Gasteiger partial charge in [0.25, 0.3) is 0 Å². The molecule has 1 aromatic carbocycles. The number of nitrogens with zero attached hydrogens (tertiary/aromatic N) is 1. The smallest absolute Gasteiger partial charge is 0.477 e. The van der Waals surface area contributed by atoms with Crippen LogP contribution >= 0.6 is 0 Å². The largest absolute Gasteiger partial charge is 0.490 e. The van der Waals surface area contributed by atoms with Gasteiger partial charge in [0.1, 0.15) is 11.7 Å². The number of amides is 1. The monoisotopic (exact) mass is 410 g/mol. The van der Waals surface area contributed by atoms with Gasteiger partial charge in [-0.2, -0.15) is 13.2 Å². The van der Waals surface area contributed by atoms with E-state index < -0.39 is 18.1 Å². The summed E-state index contributed by atoms with van der Waals surface area (Å²) in [5.41, 5.74) is 1.96. The molecule has 0 aliphatic carbocycles. The second-order valence-electron chi connectivity index (χ2n) is 6.68. The average molecular weight is 410 g/mol.